The van der Waals surface area contributed by atoms with Gasteiger partial charge in [-0.3, -0.25) is 4.79 Å². The zero-order valence-electron chi connectivity index (χ0n) is 8.54. The second-order valence-corrected chi connectivity index (χ2v) is 3.15. The van der Waals surface area contributed by atoms with Crippen molar-refractivity contribution in [3.05, 3.63) is 24.3 Å². The zero-order chi connectivity index (χ0) is 9.78. The highest BCUT2D eigenvalue weighted by atomic mass is 16.1. The number of aldehydes is 1. The van der Waals surface area contributed by atoms with Gasteiger partial charge in [0.25, 0.3) is 0 Å². The van der Waals surface area contributed by atoms with Gasteiger partial charge in [0.05, 0.1) is 0 Å². The number of allylic oxidation sites excluding steroid dienone is 4. The molecule has 13 heavy (non-hydrogen) atoms. The topological polar surface area (TPSA) is 17.1 Å². The van der Waals surface area contributed by atoms with E-state index in [0.717, 1.165) is 12.7 Å². The molecule has 0 aliphatic carbocycles. The Morgan fingerprint density at radius 3 is 2.38 bits per heavy atom. The minimum Gasteiger partial charge on any atom is -0.299 e. The molecule has 0 rings (SSSR count). The number of carbonyl (C=O) groups excluding carboxylic acids is 1. The van der Waals surface area contributed by atoms with Gasteiger partial charge in [0.2, 0.25) is 0 Å². The number of rotatable bonds is 8. The van der Waals surface area contributed by atoms with Crippen LogP contribution >= 0.6 is 0 Å². The second kappa shape index (κ2) is 11.2. The van der Waals surface area contributed by atoms with Gasteiger partial charge in [-0.15, -0.1) is 0 Å². The molecule has 0 bridgehead atoms. The smallest absolute Gasteiger partial charge is 0.142 e. The van der Waals surface area contributed by atoms with Crippen LogP contribution in [0.25, 0.3) is 0 Å². The van der Waals surface area contributed by atoms with E-state index < -0.39 is 0 Å². The fourth-order valence-electron chi connectivity index (χ4n) is 1.15. The standard InChI is InChI=1S/C12H20O/c1-2-3-4-5-6-7-8-9-10-11-12-13/h8-12H,2-7H2,1H3/b9-8?,11-10-. The Morgan fingerprint density at radius 1 is 0.923 bits per heavy atom. The predicted molar refractivity (Wildman–Crippen MR) is 57.7 cm³/mol. The van der Waals surface area contributed by atoms with Crippen LogP contribution in [0.2, 0.25) is 0 Å². The van der Waals surface area contributed by atoms with Crippen molar-refractivity contribution in [3.63, 3.8) is 0 Å². The van der Waals surface area contributed by atoms with E-state index in [1.165, 1.54) is 38.2 Å². The van der Waals surface area contributed by atoms with Crippen LogP contribution in [0.5, 0.6) is 0 Å². The molecule has 1 heteroatoms. The van der Waals surface area contributed by atoms with Crippen molar-refractivity contribution >= 4 is 6.29 Å². The number of hydrogen-bond donors (Lipinski definition) is 0. The first-order chi connectivity index (χ1) is 6.41. The predicted octanol–water partition coefficient (Wildman–Crippen LogP) is 3.66. The molecule has 0 aliphatic heterocycles. The third-order valence-electron chi connectivity index (χ3n) is 1.91. The number of unbranched alkanes of at least 4 members (excludes halogenated alkanes) is 5. The van der Waals surface area contributed by atoms with Gasteiger partial charge < -0.3 is 0 Å². The van der Waals surface area contributed by atoms with Crippen molar-refractivity contribution in [3.8, 4) is 0 Å². The van der Waals surface area contributed by atoms with Crippen LogP contribution in [0.4, 0.5) is 0 Å². The van der Waals surface area contributed by atoms with E-state index in [-0.39, 0.29) is 0 Å². The van der Waals surface area contributed by atoms with Crippen molar-refractivity contribution in [2.75, 3.05) is 0 Å². The van der Waals surface area contributed by atoms with Crippen molar-refractivity contribution < 1.29 is 4.79 Å². The van der Waals surface area contributed by atoms with E-state index in [1.54, 1.807) is 6.08 Å². The summed E-state index contributed by atoms with van der Waals surface area (Å²) in [7, 11) is 0. The lowest BCUT2D eigenvalue weighted by molar-refractivity contribution is -0.104. The summed E-state index contributed by atoms with van der Waals surface area (Å²) >= 11 is 0. The van der Waals surface area contributed by atoms with Crippen LogP contribution in [-0.2, 0) is 4.79 Å². The molecule has 0 unspecified atom stereocenters. The van der Waals surface area contributed by atoms with Gasteiger partial charge in [-0.1, -0.05) is 50.8 Å². The van der Waals surface area contributed by atoms with Crippen LogP contribution < -0.4 is 0 Å². The lowest BCUT2D eigenvalue weighted by atomic mass is 10.1. The number of hydrogen-bond acceptors (Lipinski definition) is 1. The van der Waals surface area contributed by atoms with Crippen molar-refractivity contribution in [2.24, 2.45) is 0 Å². The molecule has 0 radical (unpaired) electrons. The SMILES string of the molecule is CCCCCCCC=C/C=C\C=O. The molecule has 0 aromatic heterocycles. The Kier molecular flexibility index (Phi) is 10.4. The second-order valence-electron chi connectivity index (χ2n) is 3.15. The molecule has 0 amide bonds. The maximum Gasteiger partial charge on any atom is 0.142 e. The van der Waals surface area contributed by atoms with Gasteiger partial charge in [0.15, 0.2) is 0 Å². The Hall–Kier alpha value is -0.850. The summed E-state index contributed by atoms with van der Waals surface area (Å²) in [5.74, 6) is 0. The van der Waals surface area contributed by atoms with Gasteiger partial charge in [0, 0.05) is 0 Å². The van der Waals surface area contributed by atoms with Crippen LogP contribution in [0.3, 0.4) is 0 Å². The van der Waals surface area contributed by atoms with Gasteiger partial charge in [-0.25, -0.2) is 0 Å². The normalized spacial score (nSPS) is 11.5. The quantitative estimate of drug-likeness (QED) is 0.241. The Morgan fingerprint density at radius 2 is 1.69 bits per heavy atom. The summed E-state index contributed by atoms with van der Waals surface area (Å²) in [6.07, 6.45) is 15.9. The first-order valence-electron chi connectivity index (χ1n) is 5.18. The van der Waals surface area contributed by atoms with E-state index in [4.69, 9.17) is 0 Å². The Balaban J connectivity index is 3.10. The van der Waals surface area contributed by atoms with Crippen LogP contribution in [0.1, 0.15) is 45.4 Å². The highest BCUT2D eigenvalue weighted by molar-refractivity contribution is 5.65. The monoisotopic (exact) mass is 180 g/mol. The molecule has 0 N–H and O–H groups in total. The highest BCUT2D eigenvalue weighted by Gasteiger charge is 1.85. The van der Waals surface area contributed by atoms with Gasteiger partial charge in [-0.2, -0.15) is 0 Å². The minimum absolute atomic E-state index is 0.797. The maximum absolute atomic E-state index is 9.89. The van der Waals surface area contributed by atoms with E-state index in [9.17, 15) is 4.79 Å². The average molecular weight is 180 g/mol. The van der Waals surface area contributed by atoms with E-state index in [0.29, 0.717) is 0 Å². The zero-order valence-corrected chi connectivity index (χ0v) is 8.54. The van der Waals surface area contributed by atoms with Crippen molar-refractivity contribution in [1.29, 1.82) is 0 Å². The molecule has 0 saturated carbocycles. The summed E-state index contributed by atoms with van der Waals surface area (Å²) in [6.45, 7) is 2.23. The van der Waals surface area contributed by atoms with Gasteiger partial charge in [0.1, 0.15) is 6.29 Å². The fraction of sp³-hybridized carbons (Fsp3) is 0.583. The van der Waals surface area contributed by atoms with Gasteiger partial charge >= 0.3 is 0 Å². The Bertz CT molecular complexity index is 157. The van der Waals surface area contributed by atoms with Crippen molar-refractivity contribution in [1.82, 2.24) is 0 Å². The molecule has 0 saturated heterocycles. The molecule has 0 aromatic carbocycles. The first-order valence-corrected chi connectivity index (χ1v) is 5.18. The molecule has 0 heterocycles. The molecule has 0 aromatic rings. The summed E-state index contributed by atoms with van der Waals surface area (Å²) in [6, 6.07) is 0. The summed E-state index contributed by atoms with van der Waals surface area (Å²) in [5, 5.41) is 0. The summed E-state index contributed by atoms with van der Waals surface area (Å²) in [4.78, 5) is 9.89. The number of carbonyl (C=O) groups is 1. The molecule has 0 fully saturated rings. The lowest BCUT2D eigenvalue weighted by Gasteiger charge is -1.95. The first kappa shape index (κ1) is 12.2. The van der Waals surface area contributed by atoms with Crippen molar-refractivity contribution in [2.45, 2.75) is 45.4 Å². The van der Waals surface area contributed by atoms with E-state index in [2.05, 4.69) is 13.0 Å². The van der Waals surface area contributed by atoms with Crippen LogP contribution in [0, 0.1) is 0 Å². The third kappa shape index (κ3) is 11.1. The molecule has 0 atom stereocenters. The third-order valence-corrected chi connectivity index (χ3v) is 1.91. The molecule has 1 nitrogen and oxygen atoms in total. The largest absolute Gasteiger partial charge is 0.299 e. The molecular weight excluding hydrogens is 160 g/mol. The van der Waals surface area contributed by atoms with E-state index >= 15 is 0 Å². The highest BCUT2D eigenvalue weighted by Crippen LogP contribution is 2.05. The summed E-state index contributed by atoms with van der Waals surface area (Å²) in [5.41, 5.74) is 0. The maximum atomic E-state index is 9.89. The van der Waals surface area contributed by atoms with Crippen LogP contribution in [0.15, 0.2) is 24.3 Å². The minimum atomic E-state index is 0.797. The molecule has 74 valence electrons. The molecular formula is C12H20O. The average Bonchev–Trinajstić information content (AvgIpc) is 2.16. The fourth-order valence-corrected chi connectivity index (χ4v) is 1.15. The van der Waals surface area contributed by atoms with E-state index in [1.807, 2.05) is 6.08 Å². The summed E-state index contributed by atoms with van der Waals surface area (Å²) < 4.78 is 0. The molecule has 0 spiro atoms. The Labute approximate surface area is 81.5 Å². The molecule has 0 aliphatic rings. The van der Waals surface area contributed by atoms with Gasteiger partial charge in [-0.05, 0) is 18.9 Å². The van der Waals surface area contributed by atoms with Crippen LogP contribution in [-0.4, -0.2) is 6.29 Å². The lowest BCUT2D eigenvalue weighted by Crippen LogP contribution is -1.75.